The lowest BCUT2D eigenvalue weighted by Crippen LogP contribution is -2.08. The Labute approximate surface area is 108 Å². The van der Waals surface area contributed by atoms with Crippen molar-refractivity contribution in [3.63, 3.8) is 0 Å². The number of amides is 1. The first-order valence-electron chi connectivity index (χ1n) is 4.89. The monoisotopic (exact) mass is 264 g/mol. The van der Waals surface area contributed by atoms with Gasteiger partial charge in [0.05, 0.1) is 5.57 Å². The minimum Gasteiger partial charge on any atom is -0.267 e. The van der Waals surface area contributed by atoms with Crippen LogP contribution in [0.3, 0.4) is 0 Å². The first kappa shape index (κ1) is 12.1. The van der Waals surface area contributed by atoms with Gasteiger partial charge in [0.1, 0.15) is 0 Å². The van der Waals surface area contributed by atoms with Gasteiger partial charge >= 0.3 is 0 Å². The van der Waals surface area contributed by atoms with Crippen LogP contribution in [0.4, 0.5) is 0 Å². The highest BCUT2D eigenvalue weighted by molar-refractivity contribution is 8.13. The smallest absolute Gasteiger partial charge is 0.267 e. The van der Waals surface area contributed by atoms with E-state index < -0.39 is 0 Å². The predicted octanol–water partition coefficient (Wildman–Crippen LogP) is 3.10. The average Bonchev–Trinajstić information content (AvgIpc) is 2.32. The van der Waals surface area contributed by atoms with E-state index in [1.807, 2.05) is 24.3 Å². The van der Waals surface area contributed by atoms with Crippen molar-refractivity contribution < 1.29 is 4.79 Å². The summed E-state index contributed by atoms with van der Waals surface area (Å²) >= 11 is 7.40. The number of rotatable bonds is 2. The van der Waals surface area contributed by atoms with Crippen molar-refractivity contribution in [3.05, 3.63) is 47.0 Å². The number of aliphatic imine (C=N–C) groups is 2. The minimum atomic E-state index is -0.332. The van der Waals surface area contributed by atoms with Crippen LogP contribution in [-0.2, 0) is 10.5 Å². The number of benzene rings is 1. The lowest BCUT2D eigenvalue weighted by molar-refractivity contribution is -0.113. The van der Waals surface area contributed by atoms with E-state index in [9.17, 15) is 4.79 Å². The molecule has 0 bridgehead atoms. The molecule has 1 aliphatic rings. The Balaban J connectivity index is 2.03. The molecule has 17 heavy (non-hydrogen) atoms. The Morgan fingerprint density at radius 3 is 2.82 bits per heavy atom. The van der Waals surface area contributed by atoms with Crippen molar-refractivity contribution in [1.82, 2.24) is 0 Å². The molecule has 0 atom stereocenters. The van der Waals surface area contributed by atoms with Gasteiger partial charge in [0.2, 0.25) is 0 Å². The van der Waals surface area contributed by atoms with E-state index in [2.05, 4.69) is 16.6 Å². The van der Waals surface area contributed by atoms with E-state index in [4.69, 9.17) is 11.6 Å². The van der Waals surface area contributed by atoms with Gasteiger partial charge in [0.25, 0.3) is 5.91 Å². The predicted molar refractivity (Wildman–Crippen MR) is 72.8 cm³/mol. The molecule has 0 aliphatic carbocycles. The van der Waals surface area contributed by atoms with Crippen LogP contribution >= 0.6 is 23.4 Å². The summed E-state index contributed by atoms with van der Waals surface area (Å²) in [5, 5.41) is 1.15. The van der Waals surface area contributed by atoms with Crippen LogP contribution in [0.25, 0.3) is 0 Å². The largest absolute Gasteiger partial charge is 0.280 e. The molecule has 0 saturated heterocycles. The summed E-state index contributed by atoms with van der Waals surface area (Å²) in [6.45, 7) is 3.53. The lowest BCUT2D eigenvalue weighted by Gasteiger charge is -2.06. The van der Waals surface area contributed by atoms with Crippen molar-refractivity contribution in [2.24, 2.45) is 9.98 Å². The fourth-order valence-electron chi connectivity index (χ4n) is 1.20. The lowest BCUT2D eigenvalue weighted by atomic mass is 10.2. The van der Waals surface area contributed by atoms with E-state index in [1.54, 1.807) is 0 Å². The summed E-state index contributed by atoms with van der Waals surface area (Å²) < 4.78 is 0. The zero-order valence-corrected chi connectivity index (χ0v) is 10.5. The zero-order valence-electron chi connectivity index (χ0n) is 8.89. The third kappa shape index (κ3) is 3.05. The molecule has 1 amide bonds. The maximum absolute atomic E-state index is 11.3. The molecule has 0 aromatic heterocycles. The second-order valence-corrected chi connectivity index (χ2v) is 4.71. The van der Waals surface area contributed by atoms with Crippen molar-refractivity contribution in [2.45, 2.75) is 5.75 Å². The zero-order chi connectivity index (χ0) is 12.3. The molecule has 0 unspecified atom stereocenters. The van der Waals surface area contributed by atoms with Crippen molar-refractivity contribution >= 4 is 40.7 Å². The number of amidine groups is 1. The van der Waals surface area contributed by atoms with Crippen molar-refractivity contribution in [1.29, 1.82) is 0 Å². The van der Waals surface area contributed by atoms with Gasteiger partial charge in [0.15, 0.2) is 5.17 Å². The molecule has 1 aromatic rings. The number of hydrogen-bond donors (Lipinski definition) is 0. The average molecular weight is 265 g/mol. The molecule has 3 nitrogen and oxygen atoms in total. The molecule has 0 N–H and O–H groups in total. The van der Waals surface area contributed by atoms with Crippen LogP contribution in [0.1, 0.15) is 5.56 Å². The molecule has 86 valence electrons. The normalized spacial score (nSPS) is 15.0. The molecule has 1 heterocycles. The number of carbonyl (C=O) groups excluding carboxylic acids is 1. The van der Waals surface area contributed by atoms with Crippen LogP contribution in [-0.4, -0.2) is 17.3 Å². The Bertz CT molecular complexity index is 537. The van der Waals surface area contributed by atoms with E-state index in [0.717, 1.165) is 5.56 Å². The number of nitrogens with zero attached hydrogens (tertiary/aromatic N) is 2. The summed E-state index contributed by atoms with van der Waals surface area (Å²) in [6, 6.07) is 7.56. The Hall–Kier alpha value is -1.39. The van der Waals surface area contributed by atoms with Gasteiger partial charge in [-0.3, -0.25) is 4.79 Å². The molecular weight excluding hydrogens is 256 g/mol. The van der Waals surface area contributed by atoms with E-state index in [0.29, 0.717) is 21.5 Å². The van der Waals surface area contributed by atoms with Gasteiger partial charge in [-0.15, -0.1) is 0 Å². The molecular formula is C12H9ClN2OS. The van der Waals surface area contributed by atoms with Gasteiger partial charge in [-0.05, 0) is 11.6 Å². The summed E-state index contributed by atoms with van der Waals surface area (Å²) in [6.07, 6.45) is 1.43. The fourth-order valence-corrected chi connectivity index (χ4v) is 2.30. The van der Waals surface area contributed by atoms with Crippen LogP contribution in [0.5, 0.6) is 0 Å². The summed E-state index contributed by atoms with van der Waals surface area (Å²) in [7, 11) is 0. The first-order chi connectivity index (χ1) is 8.16. The summed E-state index contributed by atoms with van der Waals surface area (Å²) in [4.78, 5) is 19.1. The van der Waals surface area contributed by atoms with Crippen LogP contribution < -0.4 is 0 Å². The van der Waals surface area contributed by atoms with Gasteiger partial charge in [0, 0.05) is 17.0 Å². The molecule has 0 fully saturated rings. The van der Waals surface area contributed by atoms with Crippen molar-refractivity contribution in [3.8, 4) is 0 Å². The van der Waals surface area contributed by atoms with Crippen molar-refractivity contribution in [2.75, 3.05) is 0 Å². The Morgan fingerprint density at radius 1 is 1.35 bits per heavy atom. The quantitative estimate of drug-likeness (QED) is 0.771. The molecule has 2 rings (SSSR count). The molecule has 1 aliphatic heterocycles. The second-order valence-electron chi connectivity index (χ2n) is 3.36. The number of hydrogen-bond acceptors (Lipinski definition) is 3. The molecule has 0 saturated carbocycles. The van der Waals surface area contributed by atoms with Gasteiger partial charge < -0.3 is 0 Å². The molecule has 0 radical (unpaired) electrons. The molecule has 1 aromatic carbocycles. The maximum atomic E-state index is 11.3. The first-order valence-corrected chi connectivity index (χ1v) is 6.25. The van der Waals surface area contributed by atoms with Gasteiger partial charge in [-0.25, -0.2) is 4.99 Å². The topological polar surface area (TPSA) is 41.8 Å². The van der Waals surface area contributed by atoms with Gasteiger partial charge in [-0.1, -0.05) is 48.1 Å². The highest BCUT2D eigenvalue weighted by Crippen LogP contribution is 2.22. The maximum Gasteiger partial charge on any atom is 0.280 e. The standard InChI is InChI=1S/C12H9ClN2OS/c1-8-6-14-12(15-11(8)16)17-7-9-4-2-3-5-10(9)13/h2-6H,1,7H2. The highest BCUT2D eigenvalue weighted by atomic mass is 35.5. The number of thioether (sulfide) groups is 1. The van der Waals surface area contributed by atoms with E-state index in [-0.39, 0.29) is 5.91 Å². The van der Waals surface area contributed by atoms with Crippen LogP contribution in [0.15, 0.2) is 46.4 Å². The van der Waals surface area contributed by atoms with E-state index >= 15 is 0 Å². The minimum absolute atomic E-state index is 0.312. The molecule has 0 spiro atoms. The second kappa shape index (κ2) is 5.29. The molecule has 5 heteroatoms. The Kier molecular flexibility index (Phi) is 3.76. The van der Waals surface area contributed by atoms with Gasteiger partial charge in [-0.2, -0.15) is 4.99 Å². The fraction of sp³-hybridized carbons (Fsp3) is 0.0833. The van der Waals surface area contributed by atoms with Crippen LogP contribution in [0, 0.1) is 0 Å². The highest BCUT2D eigenvalue weighted by Gasteiger charge is 2.12. The third-order valence-electron chi connectivity index (χ3n) is 2.12. The van der Waals surface area contributed by atoms with E-state index in [1.165, 1.54) is 18.0 Å². The van der Waals surface area contributed by atoms with Crippen LogP contribution in [0.2, 0.25) is 5.02 Å². The number of halogens is 1. The SMILES string of the molecule is C=C1C=NC(SCc2ccccc2Cl)=NC1=O. The Morgan fingerprint density at radius 2 is 2.12 bits per heavy atom. The summed E-state index contributed by atoms with van der Waals surface area (Å²) in [5.41, 5.74) is 1.31. The number of carbonyl (C=O) groups is 1. The third-order valence-corrected chi connectivity index (χ3v) is 3.40. The summed E-state index contributed by atoms with van der Waals surface area (Å²) in [5.74, 6) is 0.303.